The molecule has 13 nitrogen and oxygen atoms in total. The highest BCUT2D eigenvalue weighted by molar-refractivity contribution is 6.07. The summed E-state index contributed by atoms with van der Waals surface area (Å²) in [5, 5.41) is 7.58. The van der Waals surface area contributed by atoms with Crippen molar-refractivity contribution < 1.29 is 38.3 Å². The fraction of sp³-hybridized carbons (Fsp3) is 0.441. The Labute approximate surface area is 271 Å². The van der Waals surface area contributed by atoms with E-state index in [2.05, 4.69) is 16.0 Å². The first-order chi connectivity index (χ1) is 22.7. The highest BCUT2D eigenvalue weighted by Crippen LogP contribution is 2.35. The third-order valence-corrected chi connectivity index (χ3v) is 9.57. The van der Waals surface area contributed by atoms with Gasteiger partial charge in [0.2, 0.25) is 29.5 Å². The average molecular weight is 644 g/mol. The molecular weight excluding hydrogens is 606 g/mol. The van der Waals surface area contributed by atoms with E-state index in [4.69, 9.17) is 4.74 Å². The average Bonchev–Trinajstić information content (AvgIpc) is 3.58. The predicted octanol–water partition coefficient (Wildman–Crippen LogP) is 2.42. The zero-order valence-electron chi connectivity index (χ0n) is 26.1. The van der Waals surface area contributed by atoms with E-state index in [9.17, 15) is 33.6 Å². The Balaban J connectivity index is 0.000000172. The molecule has 7 rings (SSSR count). The van der Waals surface area contributed by atoms with Gasteiger partial charge in [-0.3, -0.25) is 44.2 Å². The maximum Gasteiger partial charge on any atom is 0.255 e. The Hall–Kier alpha value is -5.07. The largest absolute Gasteiger partial charge is 0.496 e. The Kier molecular flexibility index (Phi) is 9.06. The van der Waals surface area contributed by atoms with Gasteiger partial charge in [0, 0.05) is 53.2 Å². The van der Waals surface area contributed by atoms with Crippen LogP contribution in [0, 0.1) is 5.92 Å². The second-order valence-corrected chi connectivity index (χ2v) is 12.4. The molecule has 2 saturated heterocycles. The number of carbonyl (C=O) groups excluding carboxylic acids is 7. The van der Waals surface area contributed by atoms with Gasteiger partial charge in [0.1, 0.15) is 17.8 Å². The molecule has 13 heteroatoms. The summed E-state index contributed by atoms with van der Waals surface area (Å²) in [6.45, 7) is 0.603. The molecule has 5 aliphatic rings. The number of imide groups is 2. The van der Waals surface area contributed by atoms with Crippen LogP contribution in [-0.4, -0.2) is 70.3 Å². The van der Waals surface area contributed by atoms with E-state index in [-0.39, 0.29) is 54.8 Å². The molecule has 1 aliphatic carbocycles. The number of hydrogen-bond acceptors (Lipinski definition) is 8. The van der Waals surface area contributed by atoms with Gasteiger partial charge in [0.05, 0.1) is 13.7 Å². The first-order valence-electron chi connectivity index (χ1n) is 16.0. The summed E-state index contributed by atoms with van der Waals surface area (Å²) in [5.41, 5.74) is 3.27. The lowest BCUT2D eigenvalue weighted by Crippen LogP contribution is -2.52. The minimum atomic E-state index is -0.649. The van der Waals surface area contributed by atoms with Crippen molar-refractivity contribution in [3.63, 3.8) is 0 Å². The van der Waals surface area contributed by atoms with Crippen LogP contribution in [0.25, 0.3) is 0 Å². The summed E-state index contributed by atoms with van der Waals surface area (Å²) in [5.74, 6) is -1.16. The van der Waals surface area contributed by atoms with Crippen molar-refractivity contribution >= 4 is 47.0 Å². The van der Waals surface area contributed by atoms with Crippen molar-refractivity contribution in [3.05, 3.63) is 58.7 Å². The molecule has 2 atom stereocenters. The zero-order valence-corrected chi connectivity index (χ0v) is 26.1. The van der Waals surface area contributed by atoms with Gasteiger partial charge in [-0.05, 0) is 49.9 Å². The molecule has 3 fully saturated rings. The Morgan fingerprint density at radius 1 is 0.723 bits per heavy atom. The molecule has 4 heterocycles. The van der Waals surface area contributed by atoms with Crippen LogP contribution in [0.4, 0.5) is 5.69 Å². The van der Waals surface area contributed by atoms with Crippen LogP contribution >= 0.6 is 0 Å². The number of piperidine rings is 2. The zero-order chi connectivity index (χ0) is 33.2. The van der Waals surface area contributed by atoms with Crippen molar-refractivity contribution in [2.24, 2.45) is 5.92 Å². The summed E-state index contributed by atoms with van der Waals surface area (Å²) in [7, 11) is 1.55. The Morgan fingerprint density at radius 2 is 1.26 bits per heavy atom. The van der Waals surface area contributed by atoms with E-state index in [0.29, 0.717) is 42.0 Å². The number of methoxy groups -OCH3 is 1. The van der Waals surface area contributed by atoms with E-state index < -0.39 is 23.9 Å². The van der Waals surface area contributed by atoms with Crippen LogP contribution < -0.4 is 20.7 Å². The lowest BCUT2D eigenvalue weighted by molar-refractivity contribution is -0.138. The van der Waals surface area contributed by atoms with Crippen LogP contribution in [0.15, 0.2) is 36.4 Å². The minimum Gasteiger partial charge on any atom is -0.496 e. The third-order valence-electron chi connectivity index (χ3n) is 9.57. The fourth-order valence-electron chi connectivity index (χ4n) is 7.05. The van der Waals surface area contributed by atoms with Crippen molar-refractivity contribution in [1.29, 1.82) is 0 Å². The van der Waals surface area contributed by atoms with Gasteiger partial charge in [0.15, 0.2) is 0 Å². The van der Waals surface area contributed by atoms with E-state index in [0.717, 1.165) is 36.8 Å². The molecule has 246 valence electrons. The molecule has 2 unspecified atom stereocenters. The number of ether oxygens (including phenoxy) is 1. The lowest BCUT2D eigenvalue weighted by atomic mass is 9.88. The molecule has 1 saturated carbocycles. The lowest BCUT2D eigenvalue weighted by Gasteiger charge is -2.29. The van der Waals surface area contributed by atoms with Crippen molar-refractivity contribution in [3.8, 4) is 5.75 Å². The SMILES string of the molecule is COc1cccc2c1CN(C1CCC(=O)NC1=O)C2=O.O=C1CCC(N2Cc3c(NC(=O)C4CCCCC4)cccc3C2=O)C(=O)N1. The number of nitrogens with zero attached hydrogens (tertiary/aromatic N) is 2. The number of benzene rings is 2. The minimum absolute atomic E-state index is 0.00926. The molecule has 2 aromatic carbocycles. The second-order valence-electron chi connectivity index (χ2n) is 12.4. The smallest absolute Gasteiger partial charge is 0.255 e. The molecule has 47 heavy (non-hydrogen) atoms. The Morgan fingerprint density at radius 3 is 1.81 bits per heavy atom. The molecule has 4 aliphatic heterocycles. The Bertz CT molecular complexity index is 1670. The molecule has 0 radical (unpaired) electrons. The highest BCUT2D eigenvalue weighted by Gasteiger charge is 2.41. The monoisotopic (exact) mass is 643 g/mol. The highest BCUT2D eigenvalue weighted by atomic mass is 16.5. The van der Waals surface area contributed by atoms with Crippen LogP contribution in [0.5, 0.6) is 5.75 Å². The maximum atomic E-state index is 12.8. The second kappa shape index (κ2) is 13.3. The third kappa shape index (κ3) is 6.34. The first-order valence-corrected chi connectivity index (χ1v) is 16.0. The molecular formula is C34H37N5O8. The molecule has 0 aromatic heterocycles. The van der Waals surface area contributed by atoms with Crippen molar-refractivity contribution in [2.45, 2.75) is 83.0 Å². The van der Waals surface area contributed by atoms with Gasteiger partial charge in [0.25, 0.3) is 11.8 Å². The molecule has 0 spiro atoms. The number of fused-ring (bicyclic) bond motifs is 2. The van der Waals surface area contributed by atoms with Crippen molar-refractivity contribution in [1.82, 2.24) is 20.4 Å². The standard InChI is InChI=1S/C20H23N3O4.C14H14N2O4/c24-17-10-9-16(19(26)22-17)23-11-14-13(20(23)27)7-4-8-15(14)21-18(25)12-5-2-1-3-6-12;1-20-11-4-2-3-8-9(11)7-16(14(8)19)10-5-6-12(17)15-13(10)18/h4,7-8,12,16H,1-3,5-6,9-11H2,(H,21,25)(H,22,24,26);2-4,10H,5-7H2,1H3,(H,15,17,18). The number of rotatable bonds is 5. The van der Waals surface area contributed by atoms with Crippen LogP contribution in [-0.2, 0) is 37.1 Å². The molecule has 2 aromatic rings. The molecule has 3 N–H and O–H groups in total. The number of amides is 7. The summed E-state index contributed by atoms with van der Waals surface area (Å²) in [6.07, 6.45) is 6.32. The fourth-order valence-corrected chi connectivity index (χ4v) is 7.05. The number of anilines is 1. The van der Waals surface area contributed by atoms with Gasteiger partial charge in [-0.25, -0.2) is 0 Å². The maximum absolute atomic E-state index is 12.8. The quantitative estimate of drug-likeness (QED) is 0.417. The van der Waals surface area contributed by atoms with Crippen LogP contribution in [0.1, 0.15) is 89.6 Å². The number of nitrogens with one attached hydrogen (secondary N) is 3. The van der Waals surface area contributed by atoms with E-state index >= 15 is 0 Å². The van der Waals surface area contributed by atoms with Gasteiger partial charge in [-0.2, -0.15) is 0 Å². The summed E-state index contributed by atoms with van der Waals surface area (Å²) < 4.78 is 5.25. The van der Waals surface area contributed by atoms with Crippen LogP contribution in [0.3, 0.4) is 0 Å². The van der Waals surface area contributed by atoms with Crippen molar-refractivity contribution in [2.75, 3.05) is 12.4 Å². The molecule has 0 bridgehead atoms. The van der Waals surface area contributed by atoms with E-state index in [1.54, 1.807) is 43.5 Å². The van der Waals surface area contributed by atoms with Gasteiger partial charge in [-0.15, -0.1) is 0 Å². The van der Waals surface area contributed by atoms with E-state index in [1.165, 1.54) is 16.2 Å². The summed E-state index contributed by atoms with van der Waals surface area (Å²) in [4.78, 5) is 87.4. The summed E-state index contributed by atoms with van der Waals surface area (Å²) >= 11 is 0. The predicted molar refractivity (Wildman–Crippen MR) is 167 cm³/mol. The van der Waals surface area contributed by atoms with Gasteiger partial charge >= 0.3 is 0 Å². The van der Waals surface area contributed by atoms with Gasteiger partial charge < -0.3 is 19.9 Å². The van der Waals surface area contributed by atoms with Gasteiger partial charge in [-0.1, -0.05) is 31.4 Å². The normalized spacial score (nSPS) is 22.6. The first kappa shape index (κ1) is 31.9. The number of carbonyl (C=O) groups is 7. The topological polar surface area (TPSA) is 171 Å². The molecule has 7 amide bonds. The number of hydrogen-bond donors (Lipinski definition) is 3. The van der Waals surface area contributed by atoms with E-state index in [1.807, 2.05) is 0 Å². The van der Waals surface area contributed by atoms with Crippen LogP contribution in [0.2, 0.25) is 0 Å². The summed E-state index contributed by atoms with van der Waals surface area (Å²) in [6, 6.07) is 9.32.